The molecule has 1 aliphatic carbocycles. The number of carbonyl (C=O) groups excluding carboxylic acids is 2. The lowest BCUT2D eigenvalue weighted by Crippen LogP contribution is -2.45. The molecule has 0 aromatic heterocycles. The first-order chi connectivity index (χ1) is 15.8. The fourth-order valence-electron chi connectivity index (χ4n) is 3.87. The average Bonchev–Trinajstić information content (AvgIpc) is 2.79. The zero-order valence-corrected chi connectivity index (χ0v) is 20.0. The maximum Gasteiger partial charge on any atom is 0.328 e. The normalized spacial score (nSPS) is 14.4. The van der Waals surface area contributed by atoms with E-state index >= 15 is 0 Å². The molecule has 1 fully saturated rings. The Balaban J connectivity index is 1.63. The summed E-state index contributed by atoms with van der Waals surface area (Å²) in [5.41, 5.74) is 0.765. The SMILES string of the molecule is COc1ccc(Cl)cc1C(=O)NCCc1ccccc1S(=O)(=O)NC(=O)NC1CCCCC1. The highest BCUT2D eigenvalue weighted by Crippen LogP contribution is 2.23. The second kappa shape index (κ2) is 11.4. The van der Waals surface area contributed by atoms with Gasteiger partial charge >= 0.3 is 6.03 Å². The van der Waals surface area contributed by atoms with E-state index in [4.69, 9.17) is 16.3 Å². The third-order valence-electron chi connectivity index (χ3n) is 5.52. The number of benzene rings is 2. The van der Waals surface area contributed by atoms with Crippen LogP contribution in [0, 0.1) is 0 Å². The molecule has 3 rings (SSSR count). The first kappa shape index (κ1) is 24.9. The van der Waals surface area contributed by atoms with Crippen LogP contribution >= 0.6 is 11.6 Å². The van der Waals surface area contributed by atoms with E-state index in [1.807, 2.05) is 0 Å². The molecule has 0 bridgehead atoms. The van der Waals surface area contributed by atoms with Crippen molar-refractivity contribution in [1.29, 1.82) is 0 Å². The zero-order chi connectivity index (χ0) is 23.8. The Morgan fingerprint density at radius 1 is 1.09 bits per heavy atom. The Labute approximate surface area is 199 Å². The van der Waals surface area contributed by atoms with Crippen LogP contribution in [0.15, 0.2) is 47.4 Å². The molecule has 0 spiro atoms. The number of hydrogen-bond donors (Lipinski definition) is 3. The summed E-state index contributed by atoms with van der Waals surface area (Å²) in [4.78, 5) is 24.8. The highest BCUT2D eigenvalue weighted by Gasteiger charge is 2.23. The molecule has 0 saturated heterocycles. The van der Waals surface area contributed by atoms with Crippen molar-refractivity contribution in [2.75, 3.05) is 13.7 Å². The van der Waals surface area contributed by atoms with Gasteiger partial charge in [0.15, 0.2) is 0 Å². The molecule has 3 N–H and O–H groups in total. The summed E-state index contributed by atoms with van der Waals surface area (Å²) in [5.74, 6) is -0.00673. The predicted molar refractivity (Wildman–Crippen MR) is 126 cm³/mol. The van der Waals surface area contributed by atoms with Gasteiger partial charge in [-0.15, -0.1) is 0 Å². The molecule has 1 aliphatic rings. The van der Waals surface area contributed by atoms with Crippen LogP contribution in [-0.4, -0.2) is 40.1 Å². The van der Waals surface area contributed by atoms with Crippen molar-refractivity contribution in [3.05, 3.63) is 58.6 Å². The smallest absolute Gasteiger partial charge is 0.328 e. The fourth-order valence-corrected chi connectivity index (χ4v) is 5.23. The summed E-state index contributed by atoms with van der Waals surface area (Å²) in [6, 6.07) is 10.4. The second-order valence-electron chi connectivity index (χ2n) is 7.87. The minimum absolute atomic E-state index is 0.00150. The topological polar surface area (TPSA) is 114 Å². The van der Waals surface area contributed by atoms with Crippen molar-refractivity contribution in [1.82, 2.24) is 15.4 Å². The third kappa shape index (κ3) is 6.85. The largest absolute Gasteiger partial charge is 0.496 e. The molecule has 0 radical (unpaired) electrons. The molecule has 1 saturated carbocycles. The summed E-state index contributed by atoms with van der Waals surface area (Å²) in [7, 11) is -2.62. The van der Waals surface area contributed by atoms with Crippen LogP contribution in [0.25, 0.3) is 0 Å². The molecule has 33 heavy (non-hydrogen) atoms. The fraction of sp³-hybridized carbons (Fsp3) is 0.391. The molecule has 10 heteroatoms. The highest BCUT2D eigenvalue weighted by atomic mass is 35.5. The van der Waals surface area contributed by atoms with Gasteiger partial charge in [0.25, 0.3) is 15.9 Å². The van der Waals surface area contributed by atoms with Crippen LogP contribution in [0.1, 0.15) is 48.0 Å². The number of methoxy groups -OCH3 is 1. The lowest BCUT2D eigenvalue weighted by Gasteiger charge is -2.23. The van der Waals surface area contributed by atoms with Gasteiger partial charge < -0.3 is 15.4 Å². The Morgan fingerprint density at radius 3 is 2.55 bits per heavy atom. The monoisotopic (exact) mass is 493 g/mol. The number of carbonyl (C=O) groups is 2. The molecule has 2 aromatic carbocycles. The Bertz CT molecular complexity index is 1100. The van der Waals surface area contributed by atoms with Crippen LogP contribution in [0.4, 0.5) is 4.79 Å². The number of nitrogens with one attached hydrogen (secondary N) is 3. The number of halogens is 1. The van der Waals surface area contributed by atoms with Crippen molar-refractivity contribution in [3.8, 4) is 5.75 Å². The molecule has 3 amide bonds. The van der Waals surface area contributed by atoms with E-state index in [1.54, 1.807) is 30.3 Å². The summed E-state index contributed by atoms with van der Waals surface area (Å²) in [6.07, 6.45) is 5.12. The molecular weight excluding hydrogens is 466 g/mol. The van der Waals surface area contributed by atoms with E-state index in [1.165, 1.54) is 19.2 Å². The first-order valence-electron chi connectivity index (χ1n) is 10.8. The molecule has 178 valence electrons. The van der Waals surface area contributed by atoms with Crippen molar-refractivity contribution < 1.29 is 22.7 Å². The first-order valence-corrected chi connectivity index (χ1v) is 12.7. The number of rotatable bonds is 8. The number of ether oxygens (including phenoxy) is 1. The van der Waals surface area contributed by atoms with Crippen LogP contribution in [-0.2, 0) is 16.4 Å². The van der Waals surface area contributed by atoms with Crippen LogP contribution in [0.5, 0.6) is 5.75 Å². The van der Waals surface area contributed by atoms with Crippen molar-refractivity contribution >= 4 is 33.6 Å². The molecular formula is C23H28ClN3O5S. The van der Waals surface area contributed by atoms with Crippen molar-refractivity contribution in [3.63, 3.8) is 0 Å². The van der Waals surface area contributed by atoms with Crippen LogP contribution in [0.2, 0.25) is 5.02 Å². The van der Waals surface area contributed by atoms with Crippen LogP contribution in [0.3, 0.4) is 0 Å². The molecule has 0 aliphatic heterocycles. The quantitative estimate of drug-likeness (QED) is 0.519. The summed E-state index contributed by atoms with van der Waals surface area (Å²) >= 11 is 5.98. The number of hydrogen-bond acceptors (Lipinski definition) is 5. The van der Waals surface area contributed by atoms with E-state index in [-0.39, 0.29) is 35.4 Å². The molecule has 8 nitrogen and oxygen atoms in total. The summed E-state index contributed by atoms with van der Waals surface area (Å²) < 4.78 is 33.0. The number of amides is 3. The van der Waals surface area contributed by atoms with E-state index in [2.05, 4.69) is 15.4 Å². The maximum absolute atomic E-state index is 12.9. The maximum atomic E-state index is 12.9. The molecule has 0 heterocycles. The van der Waals surface area contributed by atoms with E-state index in [0.29, 0.717) is 16.3 Å². The van der Waals surface area contributed by atoms with E-state index < -0.39 is 16.1 Å². The van der Waals surface area contributed by atoms with Gasteiger partial charge in [0.1, 0.15) is 5.75 Å². The van der Waals surface area contributed by atoms with Gasteiger partial charge in [0, 0.05) is 17.6 Å². The standard InChI is InChI=1S/C23H28ClN3O5S/c1-32-20-12-11-17(24)15-19(20)22(28)25-14-13-16-7-5-6-10-21(16)33(30,31)27-23(29)26-18-8-3-2-4-9-18/h5-7,10-12,15,18H,2-4,8-9,13-14H2,1H3,(H,25,28)(H2,26,27,29). The van der Waals surface area contributed by atoms with E-state index in [0.717, 1.165) is 32.1 Å². The van der Waals surface area contributed by atoms with Gasteiger partial charge in [-0.3, -0.25) is 4.79 Å². The zero-order valence-electron chi connectivity index (χ0n) is 18.4. The van der Waals surface area contributed by atoms with Gasteiger partial charge in [0.05, 0.1) is 17.6 Å². The number of urea groups is 1. The van der Waals surface area contributed by atoms with Crippen LogP contribution < -0.4 is 20.1 Å². The summed E-state index contributed by atoms with van der Waals surface area (Å²) in [6.45, 7) is 0.176. The Hall–Kier alpha value is -2.78. The lowest BCUT2D eigenvalue weighted by atomic mass is 9.96. The van der Waals surface area contributed by atoms with E-state index in [9.17, 15) is 18.0 Å². The highest BCUT2D eigenvalue weighted by molar-refractivity contribution is 7.90. The lowest BCUT2D eigenvalue weighted by molar-refractivity contribution is 0.0951. The molecule has 0 atom stereocenters. The Morgan fingerprint density at radius 2 is 1.82 bits per heavy atom. The van der Waals surface area contributed by atoms with Crippen molar-refractivity contribution in [2.24, 2.45) is 0 Å². The molecule has 0 unspecified atom stereocenters. The van der Waals surface area contributed by atoms with Gasteiger partial charge in [-0.05, 0) is 49.1 Å². The van der Waals surface area contributed by atoms with Gasteiger partial charge in [0.2, 0.25) is 0 Å². The second-order valence-corrected chi connectivity index (χ2v) is 9.96. The Kier molecular flexibility index (Phi) is 8.57. The predicted octanol–water partition coefficient (Wildman–Crippen LogP) is 3.64. The number of sulfonamides is 1. The summed E-state index contributed by atoms with van der Waals surface area (Å²) in [5, 5.41) is 5.90. The third-order valence-corrected chi connectivity index (χ3v) is 7.18. The van der Waals surface area contributed by atoms with Gasteiger partial charge in [-0.25, -0.2) is 17.9 Å². The minimum atomic E-state index is -4.07. The van der Waals surface area contributed by atoms with Gasteiger partial charge in [-0.2, -0.15) is 0 Å². The average molecular weight is 494 g/mol. The molecule has 2 aromatic rings. The van der Waals surface area contributed by atoms with Crippen molar-refractivity contribution in [2.45, 2.75) is 49.5 Å². The minimum Gasteiger partial charge on any atom is -0.496 e. The van der Waals surface area contributed by atoms with Gasteiger partial charge in [-0.1, -0.05) is 49.1 Å².